The van der Waals surface area contributed by atoms with Crippen molar-refractivity contribution in [1.29, 1.82) is 0 Å². The molecule has 0 radical (unpaired) electrons. The molecule has 0 saturated carbocycles. The van der Waals surface area contributed by atoms with Gasteiger partial charge >= 0.3 is 0 Å². The molecule has 7 aliphatic rings. The van der Waals surface area contributed by atoms with Crippen LogP contribution in [-0.4, -0.2) is 13.7 Å². The zero-order chi connectivity index (χ0) is 90.2. The lowest BCUT2D eigenvalue weighted by Crippen LogP contribution is -2.23. The van der Waals surface area contributed by atoms with Crippen LogP contribution in [0, 0.1) is 0 Å². The fourth-order valence-electron chi connectivity index (χ4n) is 25.7. The second-order valence-corrected chi connectivity index (χ2v) is 41.6. The topological polar surface area (TPSA) is 66.0 Å². The minimum Gasteiger partial charge on any atom is -0.276 e. The Bertz CT molecular complexity index is 8810. The molecule has 0 saturated heterocycles. The van der Waals surface area contributed by atoms with E-state index in [2.05, 4.69) is 425 Å². The summed E-state index contributed by atoms with van der Waals surface area (Å²) >= 11 is 0. The maximum Gasteiger partial charge on any atom is 0.263 e. The first-order valence-electron chi connectivity index (χ1n) is 46.7. The van der Waals surface area contributed by atoms with Crippen LogP contribution in [0.25, 0.3) is 171 Å². The fourth-order valence-corrected chi connectivity index (χ4v) is 25.7. The third-order valence-corrected chi connectivity index (χ3v) is 32.2. The van der Waals surface area contributed by atoms with Crippen molar-refractivity contribution in [3.05, 3.63) is 455 Å². The van der Waals surface area contributed by atoms with Gasteiger partial charge in [0.2, 0.25) is 0 Å². The van der Waals surface area contributed by atoms with Gasteiger partial charge in [0.15, 0.2) is 0 Å². The first-order chi connectivity index (χ1) is 63.6. The van der Waals surface area contributed by atoms with Gasteiger partial charge in [0, 0.05) is 87.3 Å². The zero-order valence-electron chi connectivity index (χ0n) is 77.0. The molecule has 0 bridgehead atoms. The first kappa shape index (κ1) is 79.3. The molecule has 7 aliphatic carbocycles. The summed E-state index contributed by atoms with van der Waals surface area (Å²) in [6.45, 7) is 32.3. The summed E-state index contributed by atoms with van der Waals surface area (Å²) in [5.74, 6) is 0. The Morgan fingerprint density at radius 3 is 0.788 bits per heavy atom. The van der Waals surface area contributed by atoms with Gasteiger partial charge in [0.05, 0.1) is 16.6 Å². The number of pyridine rings is 3. The van der Waals surface area contributed by atoms with Crippen molar-refractivity contribution in [2.45, 2.75) is 135 Å². The van der Waals surface area contributed by atoms with E-state index in [0.717, 1.165) is 82.4 Å². The summed E-state index contributed by atoms with van der Waals surface area (Å²) in [6.07, 6.45) is 0. The molecule has 0 aliphatic heterocycles. The Hall–Kier alpha value is -14.9. The van der Waals surface area contributed by atoms with Gasteiger partial charge in [-0.15, -0.1) is 0 Å². The molecule has 17 aromatic carbocycles. The summed E-state index contributed by atoms with van der Waals surface area (Å²) in [5, 5.41) is 8.88. The maximum absolute atomic E-state index is 15.1. The molecule has 132 heavy (non-hydrogen) atoms. The molecule has 0 fully saturated rings. The number of benzene rings is 17. The van der Waals surface area contributed by atoms with E-state index >= 15 is 4.79 Å². The van der Waals surface area contributed by atoms with Crippen molar-refractivity contribution < 1.29 is 0 Å². The van der Waals surface area contributed by atoms with Gasteiger partial charge in [0.1, 0.15) is 0 Å². The van der Waals surface area contributed by atoms with Gasteiger partial charge in [-0.1, -0.05) is 364 Å². The van der Waals surface area contributed by atoms with Crippen LogP contribution in [0.2, 0.25) is 0 Å². The normalized spacial score (nSPS) is 15.9. The number of rotatable bonds is 4. The van der Waals surface area contributed by atoms with Crippen molar-refractivity contribution in [2.24, 2.45) is 0 Å². The first-order valence-corrected chi connectivity index (χ1v) is 46.7. The Kier molecular flexibility index (Phi) is 16.5. The van der Waals surface area contributed by atoms with E-state index in [1.165, 1.54) is 167 Å². The SMILES string of the molecule is CC1(C)c2ccccc2-c2ccc(-n3c(=O)c4cc(-c5ccccc5)ccc4c4c5c(ccc43)-c3ccccc3C5(C)C)cc21.CC1(C)c2ccccc2-c2ccc(-n3c(=O)c4cc5c(cc4c4c6c(ccc43)-c3ccccc3C6(C)C)-c3ccccc3C5(C)C)cc21.CC1(C)c2ccccc2-c2ccc(-n3c(=O)c4ccccc4c4c5c(ccc43)-c3ccccc3C5(C)C)cc21. The molecule has 0 unspecified atom stereocenters. The molecule has 3 aromatic heterocycles. The van der Waals surface area contributed by atoms with Gasteiger partial charge < -0.3 is 0 Å². The Labute approximate surface area is 769 Å². The van der Waals surface area contributed by atoms with Crippen LogP contribution in [0.5, 0.6) is 0 Å². The Morgan fingerprint density at radius 2 is 0.424 bits per heavy atom. The number of nitrogens with zero attached hydrogens (tertiary/aromatic N) is 3. The molecule has 636 valence electrons. The average Bonchev–Trinajstić information content (AvgIpc) is 1.48. The second-order valence-electron chi connectivity index (χ2n) is 41.6. The number of aromatic nitrogens is 3. The van der Waals surface area contributed by atoms with E-state index in [1.54, 1.807) is 0 Å². The molecular formula is C126H99N3O3. The van der Waals surface area contributed by atoms with Crippen LogP contribution in [-0.2, 0) is 37.9 Å². The average molecular weight is 1700 g/mol. The van der Waals surface area contributed by atoms with Gasteiger partial charge in [-0.05, 0) is 262 Å². The molecule has 0 N–H and O–H groups in total. The Balaban J connectivity index is 0.000000107. The minimum absolute atomic E-state index is 0.0109. The highest BCUT2D eigenvalue weighted by molar-refractivity contribution is 6.16. The second kappa shape index (κ2) is 27.4. The molecule has 27 rings (SSSR count). The fraction of sp³-hybridized carbons (Fsp3) is 0.167. The van der Waals surface area contributed by atoms with Crippen molar-refractivity contribution in [3.63, 3.8) is 0 Å². The van der Waals surface area contributed by atoms with Crippen LogP contribution in [0.4, 0.5) is 0 Å². The van der Waals surface area contributed by atoms with Crippen LogP contribution >= 0.6 is 0 Å². The third-order valence-electron chi connectivity index (χ3n) is 32.2. The summed E-state index contributed by atoms with van der Waals surface area (Å²) in [6, 6.07) is 124. The number of fused-ring (bicyclic) bond motifs is 33. The van der Waals surface area contributed by atoms with E-state index < -0.39 is 0 Å². The van der Waals surface area contributed by atoms with E-state index in [4.69, 9.17) is 0 Å². The highest BCUT2D eigenvalue weighted by atomic mass is 16.1. The predicted octanol–water partition coefficient (Wildman–Crippen LogP) is 30.2. The van der Waals surface area contributed by atoms with Crippen molar-refractivity contribution in [3.8, 4) is 106 Å². The summed E-state index contributed by atoms with van der Waals surface area (Å²) < 4.78 is 5.94. The number of hydrogen-bond acceptors (Lipinski definition) is 3. The molecule has 6 nitrogen and oxygen atoms in total. The molecular weight excluding hydrogens is 1600 g/mol. The molecule has 3 heterocycles. The smallest absolute Gasteiger partial charge is 0.263 e. The van der Waals surface area contributed by atoms with Crippen molar-refractivity contribution in [2.75, 3.05) is 0 Å². The van der Waals surface area contributed by atoms with E-state index in [1.807, 2.05) is 31.9 Å². The van der Waals surface area contributed by atoms with Crippen LogP contribution in [0.15, 0.2) is 360 Å². The lowest BCUT2D eigenvalue weighted by molar-refractivity contribution is 0.659. The quantitative estimate of drug-likeness (QED) is 0.165. The molecule has 20 aromatic rings. The lowest BCUT2D eigenvalue weighted by Gasteiger charge is -2.26. The van der Waals surface area contributed by atoms with Crippen LogP contribution in [0.1, 0.15) is 175 Å². The van der Waals surface area contributed by atoms with Crippen molar-refractivity contribution in [1.82, 2.24) is 13.7 Å². The number of hydrogen-bond donors (Lipinski definition) is 0. The largest absolute Gasteiger partial charge is 0.276 e. The van der Waals surface area contributed by atoms with Gasteiger partial charge in [-0.25, -0.2) is 0 Å². The summed E-state index contributed by atoms with van der Waals surface area (Å²) in [4.78, 5) is 44.3. The highest BCUT2D eigenvalue weighted by Gasteiger charge is 2.46. The van der Waals surface area contributed by atoms with E-state index in [0.29, 0.717) is 0 Å². The highest BCUT2D eigenvalue weighted by Crippen LogP contribution is 2.60. The van der Waals surface area contributed by atoms with Crippen LogP contribution < -0.4 is 16.7 Å². The molecule has 0 spiro atoms. The Morgan fingerprint density at radius 1 is 0.167 bits per heavy atom. The monoisotopic (exact) mass is 1700 g/mol. The van der Waals surface area contributed by atoms with E-state index in [-0.39, 0.29) is 54.6 Å². The van der Waals surface area contributed by atoms with Crippen LogP contribution in [0.3, 0.4) is 0 Å². The zero-order valence-corrected chi connectivity index (χ0v) is 77.0. The minimum atomic E-state index is -0.238. The van der Waals surface area contributed by atoms with Gasteiger partial charge in [0.25, 0.3) is 16.7 Å². The maximum atomic E-state index is 15.1. The predicted molar refractivity (Wildman–Crippen MR) is 550 cm³/mol. The van der Waals surface area contributed by atoms with E-state index in [9.17, 15) is 9.59 Å². The summed E-state index contributed by atoms with van der Waals surface area (Å²) in [5.41, 5.74) is 42.6. The third kappa shape index (κ3) is 10.6. The summed E-state index contributed by atoms with van der Waals surface area (Å²) in [7, 11) is 0. The van der Waals surface area contributed by atoms with Gasteiger partial charge in [-0.3, -0.25) is 28.1 Å². The standard InChI is InChI=1S/C46H37NO.C43H33NO.C37H29NO/c1-44(2)35-16-10-7-13-27(35)30-20-19-26(23-38(30)44)47-40-22-21-31-28-14-8-12-18-37(28)46(5,6)42(31)41(40)33-24-32-29-15-9-11-17-36(29)45(3,4)39(32)25-34(33)43(47)48;1-42(2)35-16-10-8-14-29(35)31-21-19-28(25-37(31)42)44-38-23-22-33-30-15-9-11-17-36(30)43(3,4)40(33)39(38)32-20-18-27(24-34(32)41(44)45)26-12-6-5-7-13-26;1-36(2)29-15-9-7-11-23(29)25-18-17-22(21-31(25)36)38-32-20-19-27-24-12-8-10-16-30(24)37(3,4)34(27)33(32)26-13-5-6-14-28(26)35(38)39/h7-25H,1-6H3;5-25H,1-4H3;5-21H,1-4H3. The molecule has 0 amide bonds. The lowest BCUT2D eigenvalue weighted by atomic mass is 9.79. The molecule has 6 heteroatoms. The van der Waals surface area contributed by atoms with Gasteiger partial charge in [-0.2, -0.15) is 0 Å². The van der Waals surface area contributed by atoms with Crippen molar-refractivity contribution >= 4 is 65.0 Å². The molecule has 0 atom stereocenters.